The summed E-state index contributed by atoms with van der Waals surface area (Å²) < 4.78 is 4.84. The van der Waals surface area contributed by atoms with Gasteiger partial charge in [0.1, 0.15) is 6.04 Å². The minimum absolute atomic E-state index is 0.382. The molecule has 0 spiro atoms. The molecule has 0 bridgehead atoms. The molecule has 0 amide bonds. The van der Waals surface area contributed by atoms with Crippen molar-refractivity contribution in [2.75, 3.05) is 0 Å². The molecule has 0 radical (unpaired) electrons. The zero-order chi connectivity index (χ0) is 10.0. The van der Waals surface area contributed by atoms with E-state index in [9.17, 15) is 14.4 Å². The van der Waals surface area contributed by atoms with Crippen molar-refractivity contribution < 1.29 is 14.4 Å². The van der Waals surface area contributed by atoms with Crippen LogP contribution in [0.2, 0.25) is 0 Å². The van der Waals surface area contributed by atoms with E-state index in [2.05, 4.69) is 4.52 Å². The fourth-order valence-corrected chi connectivity index (χ4v) is 0.691. The van der Waals surface area contributed by atoms with Crippen molar-refractivity contribution in [2.45, 2.75) is 12.6 Å². The highest BCUT2D eigenvalue weighted by molar-refractivity contribution is 5.72. The second-order valence-electron chi connectivity index (χ2n) is 2.31. The lowest BCUT2D eigenvalue weighted by Crippen LogP contribution is -2.37. The second-order valence-corrected chi connectivity index (χ2v) is 2.31. The predicted octanol–water partition coefficient (Wildman–Crippen LogP) is -2.46. The summed E-state index contributed by atoms with van der Waals surface area (Å²) in [5.74, 6) is -2.22. The molecule has 1 rings (SSSR count). The number of rotatable bonds is 3. The molecule has 1 atom stereocenters. The Hall–Kier alpha value is -1.83. The van der Waals surface area contributed by atoms with Crippen LogP contribution in [-0.2, 0) is 11.3 Å². The second kappa shape index (κ2) is 3.27. The molecule has 8 heteroatoms. The van der Waals surface area contributed by atoms with Gasteiger partial charge in [-0.15, -0.1) is 4.74 Å². The van der Waals surface area contributed by atoms with E-state index in [0.29, 0.717) is 4.74 Å². The van der Waals surface area contributed by atoms with Crippen molar-refractivity contribution >= 4 is 5.97 Å². The van der Waals surface area contributed by atoms with Gasteiger partial charge in [-0.2, -0.15) is 0 Å². The Labute approximate surface area is 70.5 Å². The van der Waals surface area contributed by atoms with Gasteiger partial charge in [-0.3, -0.25) is 4.79 Å². The number of nitrogens with zero attached hydrogens (tertiary/aromatic N) is 1. The van der Waals surface area contributed by atoms with Crippen LogP contribution in [0.5, 0.6) is 0 Å². The molecule has 8 nitrogen and oxygen atoms in total. The number of H-pyrrole nitrogens is 1. The summed E-state index contributed by atoms with van der Waals surface area (Å²) in [6.45, 7) is -0.382. The van der Waals surface area contributed by atoms with Crippen molar-refractivity contribution in [1.82, 2.24) is 9.72 Å². The lowest BCUT2D eigenvalue weighted by atomic mass is 10.3. The molecular formula is C5H7N3O5. The van der Waals surface area contributed by atoms with Crippen LogP contribution in [0.4, 0.5) is 0 Å². The van der Waals surface area contributed by atoms with E-state index in [4.69, 9.17) is 10.8 Å². The van der Waals surface area contributed by atoms with E-state index in [0.717, 1.165) is 0 Å². The van der Waals surface area contributed by atoms with Crippen LogP contribution in [0.1, 0.15) is 0 Å². The van der Waals surface area contributed by atoms with Crippen molar-refractivity contribution in [3.63, 3.8) is 0 Å². The molecule has 0 aliphatic carbocycles. The van der Waals surface area contributed by atoms with E-state index in [1.165, 1.54) is 0 Å². The first kappa shape index (κ1) is 9.26. The third-order valence-electron chi connectivity index (χ3n) is 1.31. The SMILES string of the molecule is N[C@H](Cn1oc(=O)[nH]c1=O)C(=O)O. The molecule has 1 heterocycles. The summed E-state index contributed by atoms with van der Waals surface area (Å²) in [6.07, 6.45) is 0. The normalized spacial score (nSPS) is 12.7. The quantitative estimate of drug-likeness (QED) is 0.483. The van der Waals surface area contributed by atoms with E-state index in [1.807, 2.05) is 0 Å². The Morgan fingerprint density at radius 3 is 2.69 bits per heavy atom. The van der Waals surface area contributed by atoms with Crippen LogP contribution < -0.4 is 17.2 Å². The van der Waals surface area contributed by atoms with Crippen molar-refractivity contribution in [3.05, 3.63) is 21.0 Å². The maximum atomic E-state index is 10.8. The van der Waals surface area contributed by atoms with Gasteiger partial charge in [0, 0.05) is 0 Å². The van der Waals surface area contributed by atoms with Crippen LogP contribution in [0.25, 0.3) is 0 Å². The van der Waals surface area contributed by atoms with Crippen molar-refractivity contribution in [3.8, 4) is 0 Å². The predicted molar refractivity (Wildman–Crippen MR) is 39.2 cm³/mol. The van der Waals surface area contributed by atoms with E-state index in [1.54, 1.807) is 4.98 Å². The number of carboxylic acids is 1. The number of aromatic amines is 1. The molecule has 0 saturated carbocycles. The Balaban J connectivity index is 2.86. The largest absolute Gasteiger partial charge is 0.480 e. The Bertz CT molecular complexity index is 412. The zero-order valence-electron chi connectivity index (χ0n) is 6.39. The number of nitrogens with one attached hydrogen (secondary N) is 1. The summed E-state index contributed by atoms with van der Waals surface area (Å²) in [5.41, 5.74) is 4.27. The van der Waals surface area contributed by atoms with Gasteiger partial charge >= 0.3 is 17.4 Å². The Morgan fingerprint density at radius 1 is 1.69 bits per heavy atom. The summed E-state index contributed by atoms with van der Waals surface area (Å²) >= 11 is 0. The summed E-state index contributed by atoms with van der Waals surface area (Å²) in [4.78, 5) is 33.2. The van der Waals surface area contributed by atoms with Gasteiger partial charge in [0.2, 0.25) is 0 Å². The van der Waals surface area contributed by atoms with Gasteiger partial charge in [-0.25, -0.2) is 14.6 Å². The molecular weight excluding hydrogens is 182 g/mol. The Kier molecular flexibility index (Phi) is 2.33. The number of aliphatic carboxylic acids is 1. The van der Waals surface area contributed by atoms with Gasteiger partial charge in [0.15, 0.2) is 0 Å². The van der Waals surface area contributed by atoms with Crippen LogP contribution in [0.15, 0.2) is 14.1 Å². The molecule has 0 aliphatic rings. The summed E-state index contributed by atoms with van der Waals surface area (Å²) in [7, 11) is 0. The lowest BCUT2D eigenvalue weighted by molar-refractivity contribution is -0.139. The topological polar surface area (TPSA) is 131 Å². The highest BCUT2D eigenvalue weighted by atomic mass is 16.5. The van der Waals surface area contributed by atoms with Gasteiger partial charge in [0.05, 0.1) is 6.54 Å². The minimum atomic E-state index is -1.28. The van der Waals surface area contributed by atoms with Gasteiger partial charge in [-0.05, 0) is 0 Å². The van der Waals surface area contributed by atoms with Gasteiger partial charge in [-0.1, -0.05) is 0 Å². The molecule has 4 N–H and O–H groups in total. The van der Waals surface area contributed by atoms with E-state index in [-0.39, 0.29) is 6.54 Å². The highest BCUT2D eigenvalue weighted by Crippen LogP contribution is 1.83. The fraction of sp³-hybridized carbons (Fsp3) is 0.400. The smallest absolute Gasteiger partial charge is 0.440 e. The first-order valence-corrected chi connectivity index (χ1v) is 3.29. The molecule has 13 heavy (non-hydrogen) atoms. The lowest BCUT2D eigenvalue weighted by Gasteiger charge is -2.02. The van der Waals surface area contributed by atoms with Crippen LogP contribution in [-0.4, -0.2) is 26.8 Å². The molecule has 0 fully saturated rings. The number of hydrogen-bond acceptors (Lipinski definition) is 5. The molecule has 0 unspecified atom stereocenters. The van der Waals surface area contributed by atoms with E-state index >= 15 is 0 Å². The fourth-order valence-electron chi connectivity index (χ4n) is 0.691. The molecule has 0 aromatic carbocycles. The standard InChI is InChI=1S/C5H7N3O5/c6-2(3(9)10)1-8-4(11)7-5(12)13-8/h2H,1,6H2,(H,9,10)(H,7,11,12)/t2-/m1/s1. The third-order valence-corrected chi connectivity index (χ3v) is 1.31. The molecule has 0 aliphatic heterocycles. The van der Waals surface area contributed by atoms with Crippen molar-refractivity contribution in [2.24, 2.45) is 5.73 Å². The van der Waals surface area contributed by atoms with Gasteiger partial charge < -0.3 is 15.4 Å². The van der Waals surface area contributed by atoms with Crippen molar-refractivity contribution in [1.29, 1.82) is 0 Å². The zero-order valence-corrected chi connectivity index (χ0v) is 6.39. The first-order chi connectivity index (χ1) is 6.00. The van der Waals surface area contributed by atoms with E-state index < -0.39 is 23.5 Å². The Morgan fingerprint density at radius 2 is 2.31 bits per heavy atom. The maximum absolute atomic E-state index is 10.8. The summed E-state index contributed by atoms with van der Waals surface area (Å²) in [5, 5.41) is 8.37. The van der Waals surface area contributed by atoms with Crippen LogP contribution in [0.3, 0.4) is 0 Å². The van der Waals surface area contributed by atoms with Crippen LogP contribution in [0, 0.1) is 0 Å². The number of nitrogens with two attached hydrogens (primary N) is 1. The van der Waals surface area contributed by atoms with Gasteiger partial charge in [0.25, 0.3) is 0 Å². The number of carboxylic acid groups (broad SMARTS) is 1. The maximum Gasteiger partial charge on any atom is 0.440 e. The average Bonchev–Trinajstić information content (AvgIpc) is 2.30. The molecule has 1 aromatic heterocycles. The summed E-state index contributed by atoms with van der Waals surface area (Å²) in [6, 6.07) is -1.28. The third kappa shape index (κ3) is 2.06. The number of hydrogen-bond donors (Lipinski definition) is 3. The molecule has 0 saturated heterocycles. The average molecular weight is 189 g/mol. The van der Waals surface area contributed by atoms with Crippen LogP contribution >= 0.6 is 0 Å². The monoisotopic (exact) mass is 189 g/mol. The number of carbonyl (C=O) groups is 1. The molecule has 72 valence electrons. The molecule has 1 aromatic rings. The number of aromatic nitrogens is 2. The minimum Gasteiger partial charge on any atom is -0.480 e. The first-order valence-electron chi connectivity index (χ1n) is 3.29. The highest BCUT2D eigenvalue weighted by Gasteiger charge is 2.15.